The SMILES string of the molecule is CO[C@@H]1COCCC1N[C@H]1C[C@]2(C(=O)N3CCc4ncc(C)cc4C3)CCO[C@]2(C)C1. The van der Waals surface area contributed by atoms with Crippen molar-refractivity contribution in [1.82, 2.24) is 15.2 Å². The van der Waals surface area contributed by atoms with E-state index in [2.05, 4.69) is 35.1 Å². The minimum atomic E-state index is -0.451. The molecule has 7 heteroatoms. The molecule has 7 nitrogen and oxygen atoms in total. The van der Waals surface area contributed by atoms with Crippen LogP contribution < -0.4 is 5.32 Å². The number of carbonyl (C=O) groups is 1. The van der Waals surface area contributed by atoms with Gasteiger partial charge in [-0.1, -0.05) is 6.07 Å². The number of hydrogen-bond acceptors (Lipinski definition) is 6. The van der Waals surface area contributed by atoms with Crippen LogP contribution >= 0.6 is 0 Å². The fourth-order valence-electron chi connectivity index (χ4n) is 6.39. The second-order valence-electron chi connectivity index (χ2n) is 10.0. The number of rotatable bonds is 4. The van der Waals surface area contributed by atoms with E-state index in [-0.39, 0.29) is 24.1 Å². The number of aromatic nitrogens is 1. The summed E-state index contributed by atoms with van der Waals surface area (Å²) in [6.45, 7) is 7.65. The van der Waals surface area contributed by atoms with Crippen LogP contribution in [0.25, 0.3) is 0 Å². The average Bonchev–Trinajstić information content (AvgIpc) is 3.23. The van der Waals surface area contributed by atoms with Crippen LogP contribution in [0.5, 0.6) is 0 Å². The van der Waals surface area contributed by atoms with Crippen LogP contribution in [0.2, 0.25) is 0 Å². The molecule has 31 heavy (non-hydrogen) atoms. The van der Waals surface area contributed by atoms with Gasteiger partial charge in [-0.2, -0.15) is 0 Å². The van der Waals surface area contributed by atoms with Gasteiger partial charge in [0.25, 0.3) is 0 Å². The van der Waals surface area contributed by atoms with Gasteiger partial charge in [-0.25, -0.2) is 0 Å². The summed E-state index contributed by atoms with van der Waals surface area (Å²) in [6, 6.07) is 2.68. The van der Waals surface area contributed by atoms with Gasteiger partial charge in [0.2, 0.25) is 5.91 Å². The normalized spacial score (nSPS) is 37.5. The number of hydrogen-bond donors (Lipinski definition) is 1. The molecule has 5 rings (SSSR count). The monoisotopic (exact) mass is 429 g/mol. The minimum absolute atomic E-state index is 0.0592. The molecule has 4 heterocycles. The third-order valence-electron chi connectivity index (χ3n) is 8.12. The Balaban J connectivity index is 1.34. The second kappa shape index (κ2) is 8.10. The highest BCUT2D eigenvalue weighted by atomic mass is 16.5. The van der Waals surface area contributed by atoms with Crippen LogP contribution in [0.3, 0.4) is 0 Å². The molecule has 1 unspecified atom stereocenters. The lowest BCUT2D eigenvalue weighted by Gasteiger charge is -2.40. The quantitative estimate of drug-likeness (QED) is 0.789. The Kier molecular flexibility index (Phi) is 5.57. The third-order valence-corrected chi connectivity index (χ3v) is 8.12. The molecule has 0 radical (unpaired) electrons. The standard InChI is InChI=1S/C24H35N3O4/c1-16-10-17-14-27(7-4-19(17)25-13-16)22(28)24-6-9-31-23(24,2)11-18(12-24)26-20-5-8-30-15-21(20)29-3/h10,13,18,20-21,26H,4-9,11-12,14-15H2,1-3H3/t18-,20?,21-,23-,24+/m1/s1. The molecule has 1 aliphatic carbocycles. The first-order chi connectivity index (χ1) is 14.9. The average molecular weight is 430 g/mol. The van der Waals surface area contributed by atoms with E-state index in [1.54, 1.807) is 7.11 Å². The highest BCUT2D eigenvalue weighted by molar-refractivity contribution is 5.85. The van der Waals surface area contributed by atoms with Gasteiger partial charge in [-0.05, 0) is 50.7 Å². The largest absolute Gasteiger partial charge is 0.379 e. The number of nitrogens with zero attached hydrogens (tertiary/aromatic N) is 2. The smallest absolute Gasteiger partial charge is 0.232 e. The molecule has 3 fully saturated rings. The van der Waals surface area contributed by atoms with Crippen molar-refractivity contribution in [3.8, 4) is 0 Å². The van der Waals surface area contributed by atoms with E-state index < -0.39 is 11.0 Å². The summed E-state index contributed by atoms with van der Waals surface area (Å²) in [5, 5.41) is 3.81. The van der Waals surface area contributed by atoms with Crippen LogP contribution in [-0.2, 0) is 32.0 Å². The highest BCUT2D eigenvalue weighted by Gasteiger charge is 2.64. The molecule has 4 aliphatic rings. The Morgan fingerprint density at radius 2 is 2.23 bits per heavy atom. The van der Waals surface area contributed by atoms with Crippen molar-refractivity contribution in [1.29, 1.82) is 0 Å². The molecular formula is C24H35N3O4. The lowest BCUT2D eigenvalue weighted by molar-refractivity contribution is -0.150. The summed E-state index contributed by atoms with van der Waals surface area (Å²) in [7, 11) is 1.75. The maximum absolute atomic E-state index is 14.0. The molecule has 1 aromatic rings. The number of aryl methyl sites for hydroxylation is 1. The zero-order valence-corrected chi connectivity index (χ0v) is 19.0. The number of methoxy groups -OCH3 is 1. The Hall–Kier alpha value is -1.54. The van der Waals surface area contributed by atoms with Gasteiger partial charge in [0.05, 0.1) is 23.7 Å². The zero-order chi connectivity index (χ0) is 21.6. The number of nitrogens with one attached hydrogen (secondary N) is 1. The first-order valence-corrected chi connectivity index (χ1v) is 11.7. The number of ether oxygens (including phenoxy) is 3. The predicted molar refractivity (Wildman–Crippen MR) is 116 cm³/mol. The molecule has 1 amide bonds. The van der Waals surface area contributed by atoms with Gasteiger partial charge in [0.1, 0.15) is 0 Å². The van der Waals surface area contributed by atoms with Crippen molar-refractivity contribution in [2.75, 3.05) is 33.5 Å². The lowest BCUT2D eigenvalue weighted by atomic mass is 9.73. The van der Waals surface area contributed by atoms with Crippen LogP contribution in [0.15, 0.2) is 12.3 Å². The fourth-order valence-corrected chi connectivity index (χ4v) is 6.39. The minimum Gasteiger partial charge on any atom is -0.379 e. The fraction of sp³-hybridized carbons (Fsp3) is 0.750. The maximum atomic E-state index is 14.0. The van der Waals surface area contributed by atoms with Gasteiger partial charge in [0.15, 0.2) is 0 Å². The van der Waals surface area contributed by atoms with Crippen LogP contribution in [0.4, 0.5) is 0 Å². The van der Waals surface area contributed by atoms with Gasteiger partial charge in [-0.15, -0.1) is 0 Å². The van der Waals surface area contributed by atoms with Crippen molar-refractivity contribution in [2.45, 2.75) is 76.3 Å². The predicted octanol–water partition coefficient (Wildman–Crippen LogP) is 2.00. The van der Waals surface area contributed by atoms with E-state index in [4.69, 9.17) is 14.2 Å². The maximum Gasteiger partial charge on any atom is 0.232 e. The van der Waals surface area contributed by atoms with Gasteiger partial charge >= 0.3 is 0 Å². The van der Waals surface area contributed by atoms with Gasteiger partial charge in [0, 0.05) is 63.8 Å². The number of pyridine rings is 1. The van der Waals surface area contributed by atoms with Crippen LogP contribution in [0.1, 0.15) is 49.4 Å². The Labute approximate surface area is 184 Å². The van der Waals surface area contributed by atoms with Crippen molar-refractivity contribution < 1.29 is 19.0 Å². The number of fused-ring (bicyclic) bond motifs is 2. The molecule has 5 atom stereocenters. The first kappa shape index (κ1) is 21.3. The second-order valence-corrected chi connectivity index (χ2v) is 10.0. The molecule has 1 saturated carbocycles. The molecule has 3 aliphatic heterocycles. The molecule has 1 aromatic heterocycles. The first-order valence-electron chi connectivity index (χ1n) is 11.7. The van der Waals surface area contributed by atoms with Gasteiger partial charge in [-0.3, -0.25) is 9.78 Å². The molecule has 0 bridgehead atoms. The van der Waals surface area contributed by atoms with E-state index in [9.17, 15) is 4.79 Å². The van der Waals surface area contributed by atoms with Crippen molar-refractivity contribution in [3.63, 3.8) is 0 Å². The summed E-state index contributed by atoms with van der Waals surface area (Å²) in [5.41, 5.74) is 2.60. The summed E-state index contributed by atoms with van der Waals surface area (Å²) in [6.07, 6.45) is 6.23. The van der Waals surface area contributed by atoms with Crippen molar-refractivity contribution in [2.24, 2.45) is 5.41 Å². The highest BCUT2D eigenvalue weighted by Crippen LogP contribution is 2.56. The third kappa shape index (κ3) is 3.59. The number of carbonyl (C=O) groups excluding carboxylic acids is 1. The molecular weight excluding hydrogens is 394 g/mol. The summed E-state index contributed by atoms with van der Waals surface area (Å²) >= 11 is 0. The van der Waals surface area contributed by atoms with E-state index in [1.807, 2.05) is 6.20 Å². The summed E-state index contributed by atoms with van der Waals surface area (Å²) in [4.78, 5) is 20.7. The van der Waals surface area contributed by atoms with Gasteiger partial charge < -0.3 is 24.4 Å². The van der Waals surface area contributed by atoms with E-state index in [1.165, 1.54) is 5.56 Å². The molecule has 2 saturated heterocycles. The Bertz CT molecular complexity index is 848. The summed E-state index contributed by atoms with van der Waals surface area (Å²) in [5.74, 6) is 0.263. The van der Waals surface area contributed by atoms with E-state index in [0.29, 0.717) is 19.8 Å². The zero-order valence-electron chi connectivity index (χ0n) is 19.0. The van der Waals surface area contributed by atoms with E-state index in [0.717, 1.165) is 56.5 Å². The molecule has 1 N–H and O–H groups in total. The van der Waals surface area contributed by atoms with Crippen molar-refractivity contribution in [3.05, 3.63) is 29.1 Å². The van der Waals surface area contributed by atoms with E-state index >= 15 is 0 Å². The molecule has 170 valence electrons. The number of amides is 1. The lowest BCUT2D eigenvalue weighted by Crippen LogP contribution is -2.52. The van der Waals surface area contributed by atoms with Crippen LogP contribution in [-0.4, -0.2) is 73.1 Å². The Morgan fingerprint density at radius 1 is 1.35 bits per heavy atom. The summed E-state index contributed by atoms with van der Waals surface area (Å²) < 4.78 is 17.5. The molecule has 0 spiro atoms. The molecule has 0 aromatic carbocycles. The Morgan fingerprint density at radius 3 is 3.06 bits per heavy atom. The van der Waals surface area contributed by atoms with Crippen molar-refractivity contribution >= 4 is 5.91 Å². The van der Waals surface area contributed by atoms with Crippen LogP contribution in [0, 0.1) is 12.3 Å². The topological polar surface area (TPSA) is 72.9 Å².